The minimum absolute atomic E-state index is 0.00199. The Kier molecular flexibility index (Phi) is 7.26. The van der Waals surface area contributed by atoms with Crippen molar-refractivity contribution in [2.45, 2.75) is 57.4 Å². The molecule has 2 heterocycles. The van der Waals surface area contributed by atoms with Crippen molar-refractivity contribution in [2.75, 3.05) is 26.7 Å². The zero-order valence-corrected chi connectivity index (χ0v) is 16.4. The van der Waals surface area contributed by atoms with E-state index in [4.69, 9.17) is 0 Å². The van der Waals surface area contributed by atoms with E-state index in [9.17, 15) is 9.59 Å². The Morgan fingerprint density at radius 2 is 2.00 bits per heavy atom. The number of carbonyl (C=O) groups excluding carboxylic acids is 2. The molecule has 1 saturated carbocycles. The lowest BCUT2D eigenvalue weighted by Gasteiger charge is -2.24. The van der Waals surface area contributed by atoms with Crippen molar-refractivity contribution >= 4 is 11.8 Å². The summed E-state index contributed by atoms with van der Waals surface area (Å²) in [5.41, 5.74) is 0.814. The van der Waals surface area contributed by atoms with Crippen LogP contribution in [0.4, 0.5) is 0 Å². The minimum Gasteiger partial charge on any atom is -0.356 e. The first-order valence-corrected chi connectivity index (χ1v) is 10.3. The van der Waals surface area contributed by atoms with Crippen LogP contribution in [-0.4, -0.2) is 59.4 Å². The Morgan fingerprint density at radius 3 is 2.74 bits per heavy atom. The number of hydrogen-bond donors (Lipinski definition) is 3. The molecule has 7 heteroatoms. The van der Waals surface area contributed by atoms with Crippen LogP contribution in [0.5, 0.6) is 0 Å². The zero-order valence-electron chi connectivity index (χ0n) is 16.4. The van der Waals surface area contributed by atoms with E-state index in [2.05, 4.69) is 25.5 Å². The second kappa shape index (κ2) is 9.88. The second-order valence-electron chi connectivity index (χ2n) is 8.26. The van der Waals surface area contributed by atoms with Crippen LogP contribution >= 0.6 is 0 Å². The van der Waals surface area contributed by atoms with Crippen LogP contribution in [0, 0.1) is 11.8 Å². The highest BCUT2D eigenvalue weighted by Gasteiger charge is 2.28. The van der Waals surface area contributed by atoms with Crippen LogP contribution in [0.15, 0.2) is 12.5 Å². The monoisotopic (exact) mass is 375 g/mol. The molecule has 0 aromatic carbocycles. The zero-order chi connectivity index (χ0) is 19.1. The van der Waals surface area contributed by atoms with Crippen LogP contribution in [0.3, 0.4) is 0 Å². The van der Waals surface area contributed by atoms with E-state index in [1.165, 1.54) is 32.1 Å². The number of imidazole rings is 1. The van der Waals surface area contributed by atoms with Gasteiger partial charge in [0.25, 0.3) is 0 Å². The van der Waals surface area contributed by atoms with Gasteiger partial charge in [-0.05, 0) is 38.6 Å². The molecule has 2 fully saturated rings. The number of nitrogens with zero attached hydrogens (tertiary/aromatic N) is 2. The highest BCUT2D eigenvalue weighted by molar-refractivity contribution is 5.79. The summed E-state index contributed by atoms with van der Waals surface area (Å²) in [6.45, 7) is 2.36. The van der Waals surface area contributed by atoms with E-state index >= 15 is 0 Å². The predicted octanol–water partition coefficient (Wildman–Crippen LogP) is 1.48. The van der Waals surface area contributed by atoms with Gasteiger partial charge < -0.3 is 20.5 Å². The van der Waals surface area contributed by atoms with E-state index in [-0.39, 0.29) is 23.8 Å². The molecule has 0 bridgehead atoms. The summed E-state index contributed by atoms with van der Waals surface area (Å²) in [5.74, 6) is 0.837. The summed E-state index contributed by atoms with van der Waals surface area (Å²) in [4.78, 5) is 33.9. The largest absolute Gasteiger partial charge is 0.356 e. The third-order valence-electron chi connectivity index (χ3n) is 5.86. The van der Waals surface area contributed by atoms with E-state index in [0.717, 1.165) is 38.2 Å². The number of amides is 2. The van der Waals surface area contributed by atoms with E-state index in [1.54, 1.807) is 12.5 Å². The van der Waals surface area contributed by atoms with Gasteiger partial charge in [0.2, 0.25) is 11.8 Å². The van der Waals surface area contributed by atoms with Gasteiger partial charge in [-0.2, -0.15) is 0 Å². The number of aromatic nitrogens is 2. The molecule has 1 aliphatic heterocycles. The number of likely N-dealkylation sites (tertiary alicyclic amines) is 1. The molecule has 1 aromatic heterocycles. The van der Waals surface area contributed by atoms with Gasteiger partial charge in [0, 0.05) is 37.6 Å². The molecule has 0 radical (unpaired) electrons. The Morgan fingerprint density at radius 1 is 1.19 bits per heavy atom. The number of nitrogens with one attached hydrogen (secondary N) is 3. The topological polar surface area (TPSA) is 90.1 Å². The molecule has 3 rings (SSSR count). The maximum atomic E-state index is 12.6. The predicted molar refractivity (Wildman–Crippen MR) is 104 cm³/mol. The molecule has 1 aromatic rings. The first-order valence-electron chi connectivity index (χ1n) is 10.3. The average molecular weight is 376 g/mol. The molecule has 1 aliphatic carbocycles. The van der Waals surface area contributed by atoms with Crippen molar-refractivity contribution in [1.82, 2.24) is 25.5 Å². The minimum atomic E-state index is -0.00199. The molecular weight excluding hydrogens is 342 g/mol. The van der Waals surface area contributed by atoms with Gasteiger partial charge in [-0.25, -0.2) is 4.98 Å². The van der Waals surface area contributed by atoms with E-state index < -0.39 is 0 Å². The van der Waals surface area contributed by atoms with Gasteiger partial charge in [-0.3, -0.25) is 9.59 Å². The quantitative estimate of drug-likeness (QED) is 0.702. The first-order chi connectivity index (χ1) is 13.1. The van der Waals surface area contributed by atoms with Crippen molar-refractivity contribution in [3.8, 4) is 0 Å². The average Bonchev–Trinajstić information content (AvgIpc) is 3.09. The Bertz CT molecular complexity index is 598. The van der Waals surface area contributed by atoms with Crippen molar-refractivity contribution in [2.24, 2.45) is 11.8 Å². The fourth-order valence-corrected chi connectivity index (χ4v) is 4.36. The Hall–Kier alpha value is -1.89. The van der Waals surface area contributed by atoms with Crippen molar-refractivity contribution in [3.63, 3.8) is 0 Å². The number of hydrogen-bond acceptors (Lipinski definition) is 4. The lowest BCUT2D eigenvalue weighted by atomic mass is 9.89. The van der Waals surface area contributed by atoms with Gasteiger partial charge in [0.15, 0.2) is 0 Å². The van der Waals surface area contributed by atoms with Crippen LogP contribution in [-0.2, 0) is 16.0 Å². The summed E-state index contributed by atoms with van der Waals surface area (Å²) in [5, 5.41) is 6.30. The smallest absolute Gasteiger partial charge is 0.226 e. The highest BCUT2D eigenvalue weighted by atomic mass is 16.2. The fraction of sp³-hybridized carbons (Fsp3) is 0.750. The van der Waals surface area contributed by atoms with Crippen molar-refractivity contribution < 1.29 is 9.59 Å². The maximum absolute atomic E-state index is 12.6. The molecule has 2 atom stereocenters. The van der Waals surface area contributed by atoms with Gasteiger partial charge in [-0.15, -0.1) is 0 Å². The van der Waals surface area contributed by atoms with Crippen LogP contribution in [0.1, 0.15) is 50.6 Å². The first kappa shape index (κ1) is 19.9. The lowest BCUT2D eigenvalue weighted by Crippen LogP contribution is -2.42. The third kappa shape index (κ3) is 6.34. The van der Waals surface area contributed by atoms with E-state index in [1.807, 2.05) is 7.05 Å². The summed E-state index contributed by atoms with van der Waals surface area (Å²) < 4.78 is 0. The molecule has 0 spiro atoms. The normalized spacial score (nSPS) is 24.9. The van der Waals surface area contributed by atoms with Crippen molar-refractivity contribution in [3.05, 3.63) is 18.2 Å². The molecule has 3 N–H and O–H groups in total. The molecule has 150 valence electrons. The van der Waals surface area contributed by atoms with Crippen LogP contribution < -0.4 is 10.6 Å². The highest BCUT2D eigenvalue weighted by Crippen LogP contribution is 2.23. The van der Waals surface area contributed by atoms with E-state index in [0.29, 0.717) is 12.3 Å². The SMILES string of the molecule is CN1C[C@@H](NC(=O)Cc2cnc[nH]2)CC[C@@H](C(=O)NCC2CCCCC2)C1. The third-order valence-corrected chi connectivity index (χ3v) is 5.86. The number of aromatic amines is 1. The van der Waals surface area contributed by atoms with Gasteiger partial charge in [0.05, 0.1) is 18.7 Å². The molecule has 0 unspecified atom stereocenters. The molecule has 1 saturated heterocycles. The molecule has 7 nitrogen and oxygen atoms in total. The van der Waals surface area contributed by atoms with Crippen LogP contribution in [0.2, 0.25) is 0 Å². The Labute approximate surface area is 161 Å². The molecule has 27 heavy (non-hydrogen) atoms. The number of H-pyrrole nitrogens is 1. The standard InChI is InChI=1S/C20H33N5O2/c1-25-12-16(20(27)22-10-15-5-3-2-4-6-15)7-8-17(13-25)24-19(26)9-18-11-21-14-23-18/h11,14-17H,2-10,12-13H2,1H3,(H,21,23)(H,22,27)(H,24,26)/t16-,17+/m1/s1. The number of rotatable bonds is 6. The number of carbonyl (C=O) groups is 2. The summed E-state index contributed by atoms with van der Waals surface area (Å²) in [6.07, 6.45) is 11.6. The fourth-order valence-electron chi connectivity index (χ4n) is 4.36. The summed E-state index contributed by atoms with van der Waals surface area (Å²) >= 11 is 0. The van der Waals surface area contributed by atoms with Gasteiger partial charge >= 0.3 is 0 Å². The van der Waals surface area contributed by atoms with Crippen molar-refractivity contribution in [1.29, 1.82) is 0 Å². The van der Waals surface area contributed by atoms with Crippen LogP contribution in [0.25, 0.3) is 0 Å². The molecular formula is C20H33N5O2. The summed E-state index contributed by atoms with van der Waals surface area (Å²) in [7, 11) is 2.03. The van der Waals surface area contributed by atoms with Gasteiger partial charge in [-0.1, -0.05) is 19.3 Å². The summed E-state index contributed by atoms with van der Waals surface area (Å²) in [6, 6.07) is 0.0848. The maximum Gasteiger partial charge on any atom is 0.226 e. The second-order valence-corrected chi connectivity index (χ2v) is 8.26. The number of likely N-dealkylation sites (N-methyl/N-ethyl adjacent to an activating group) is 1. The molecule has 2 aliphatic rings. The Balaban J connectivity index is 1.43. The lowest BCUT2D eigenvalue weighted by molar-refractivity contribution is -0.125. The molecule has 2 amide bonds. The van der Waals surface area contributed by atoms with Gasteiger partial charge in [0.1, 0.15) is 0 Å².